The second-order valence-electron chi connectivity index (χ2n) is 4.84. The highest BCUT2D eigenvalue weighted by Crippen LogP contribution is 2.23. The Morgan fingerprint density at radius 3 is 2.79 bits per heavy atom. The summed E-state index contributed by atoms with van der Waals surface area (Å²) in [6.45, 7) is 0.452. The van der Waals surface area contributed by atoms with Crippen LogP contribution in [-0.4, -0.2) is 13.0 Å². The van der Waals surface area contributed by atoms with Gasteiger partial charge in [0.1, 0.15) is 17.4 Å². The first-order chi connectivity index (χ1) is 11.6. The lowest BCUT2D eigenvalue weighted by molar-refractivity contribution is -0.112. The molecule has 0 aromatic heterocycles. The number of halogens is 1. The molecule has 24 heavy (non-hydrogen) atoms. The van der Waals surface area contributed by atoms with Gasteiger partial charge < -0.3 is 15.4 Å². The lowest BCUT2D eigenvalue weighted by Gasteiger charge is -2.09. The highest BCUT2D eigenvalue weighted by atomic mass is 35.5. The van der Waals surface area contributed by atoms with E-state index in [-0.39, 0.29) is 5.57 Å². The molecule has 6 heteroatoms. The van der Waals surface area contributed by atoms with Crippen LogP contribution < -0.4 is 15.4 Å². The first-order valence-corrected chi connectivity index (χ1v) is 7.54. The number of ether oxygens (including phenoxy) is 1. The number of rotatable bonds is 6. The molecule has 122 valence electrons. The maximum absolute atomic E-state index is 12.2. The van der Waals surface area contributed by atoms with Crippen molar-refractivity contribution in [1.29, 1.82) is 5.26 Å². The van der Waals surface area contributed by atoms with Crippen LogP contribution in [0.1, 0.15) is 5.56 Å². The molecule has 0 saturated heterocycles. The van der Waals surface area contributed by atoms with Crippen LogP contribution in [0.25, 0.3) is 0 Å². The van der Waals surface area contributed by atoms with Gasteiger partial charge in [0.05, 0.1) is 12.8 Å². The van der Waals surface area contributed by atoms with Gasteiger partial charge in [0.15, 0.2) is 0 Å². The fourth-order valence-corrected chi connectivity index (χ4v) is 2.22. The fraction of sp³-hybridized carbons (Fsp3) is 0.111. The van der Waals surface area contributed by atoms with E-state index in [0.29, 0.717) is 23.0 Å². The normalized spacial score (nSPS) is 10.6. The minimum absolute atomic E-state index is 0.0389. The molecule has 2 aromatic carbocycles. The lowest BCUT2D eigenvalue weighted by Crippen LogP contribution is -2.17. The smallest absolute Gasteiger partial charge is 0.267 e. The summed E-state index contributed by atoms with van der Waals surface area (Å²) >= 11 is 5.91. The van der Waals surface area contributed by atoms with Gasteiger partial charge in [-0.3, -0.25) is 4.79 Å². The largest absolute Gasteiger partial charge is 0.495 e. The average Bonchev–Trinajstić information content (AvgIpc) is 2.59. The molecule has 0 aliphatic carbocycles. The zero-order valence-electron chi connectivity index (χ0n) is 13.0. The van der Waals surface area contributed by atoms with Crippen molar-refractivity contribution in [2.24, 2.45) is 0 Å². The maximum Gasteiger partial charge on any atom is 0.267 e. The number of para-hydroxylation sites is 2. The van der Waals surface area contributed by atoms with E-state index in [2.05, 4.69) is 10.6 Å². The first kappa shape index (κ1) is 17.4. The van der Waals surface area contributed by atoms with Gasteiger partial charge in [-0.25, -0.2) is 0 Å². The summed E-state index contributed by atoms with van der Waals surface area (Å²) in [6.07, 6.45) is 1.38. The molecule has 5 nitrogen and oxygen atoms in total. The van der Waals surface area contributed by atoms with Crippen molar-refractivity contribution in [2.75, 3.05) is 12.4 Å². The highest BCUT2D eigenvalue weighted by Gasteiger charge is 2.11. The average molecular weight is 342 g/mol. The molecule has 2 rings (SSSR count). The van der Waals surface area contributed by atoms with E-state index in [0.717, 1.165) is 5.56 Å². The highest BCUT2D eigenvalue weighted by molar-refractivity contribution is 6.30. The van der Waals surface area contributed by atoms with E-state index in [1.165, 1.54) is 13.3 Å². The Kier molecular flexibility index (Phi) is 6.23. The van der Waals surface area contributed by atoms with E-state index in [1.54, 1.807) is 30.3 Å². The molecule has 0 atom stereocenters. The number of hydrogen-bond donors (Lipinski definition) is 2. The fourth-order valence-electron chi connectivity index (χ4n) is 2.00. The Labute approximate surface area is 145 Å². The summed E-state index contributed by atoms with van der Waals surface area (Å²) < 4.78 is 5.16. The third-order valence-corrected chi connectivity index (χ3v) is 3.40. The molecular weight excluding hydrogens is 326 g/mol. The number of nitrogens with zero attached hydrogens (tertiary/aromatic N) is 1. The summed E-state index contributed by atoms with van der Waals surface area (Å²) in [6, 6.07) is 16.2. The Bertz CT molecular complexity index is 797. The van der Waals surface area contributed by atoms with Crippen molar-refractivity contribution in [2.45, 2.75) is 6.54 Å². The van der Waals surface area contributed by atoms with Crippen LogP contribution in [0.15, 0.2) is 60.3 Å². The molecule has 2 aromatic rings. The van der Waals surface area contributed by atoms with Crippen LogP contribution in [0, 0.1) is 11.3 Å². The van der Waals surface area contributed by atoms with E-state index in [1.807, 2.05) is 24.3 Å². The third-order valence-electron chi connectivity index (χ3n) is 3.16. The van der Waals surface area contributed by atoms with Crippen LogP contribution in [-0.2, 0) is 11.3 Å². The van der Waals surface area contributed by atoms with Crippen molar-refractivity contribution in [3.05, 3.63) is 70.9 Å². The quantitative estimate of drug-likeness (QED) is 0.623. The third kappa shape index (κ3) is 4.77. The Morgan fingerprint density at radius 1 is 1.29 bits per heavy atom. The molecule has 0 bridgehead atoms. The van der Waals surface area contributed by atoms with Crippen molar-refractivity contribution in [1.82, 2.24) is 5.32 Å². The van der Waals surface area contributed by atoms with Gasteiger partial charge in [-0.1, -0.05) is 35.9 Å². The monoisotopic (exact) mass is 341 g/mol. The minimum atomic E-state index is -0.513. The SMILES string of the molecule is COc1ccccc1NC(=O)/C(C#N)=C\NCc1cccc(Cl)c1. The van der Waals surface area contributed by atoms with E-state index >= 15 is 0 Å². The summed E-state index contributed by atoms with van der Waals surface area (Å²) in [5.74, 6) is 0.00983. The van der Waals surface area contributed by atoms with Gasteiger partial charge in [0.25, 0.3) is 5.91 Å². The number of anilines is 1. The maximum atomic E-state index is 12.2. The van der Waals surface area contributed by atoms with Crippen molar-refractivity contribution >= 4 is 23.2 Å². The number of nitriles is 1. The number of carbonyl (C=O) groups excluding carboxylic acids is 1. The standard InChI is InChI=1S/C18H16ClN3O2/c1-24-17-8-3-2-7-16(17)22-18(23)14(10-20)12-21-11-13-5-4-6-15(19)9-13/h2-9,12,21H,11H2,1H3,(H,22,23)/b14-12-. The second-order valence-corrected chi connectivity index (χ2v) is 5.27. The minimum Gasteiger partial charge on any atom is -0.495 e. The van der Waals surface area contributed by atoms with Gasteiger partial charge in [0.2, 0.25) is 0 Å². The number of methoxy groups -OCH3 is 1. The van der Waals surface area contributed by atoms with Crippen molar-refractivity contribution in [3.8, 4) is 11.8 Å². The predicted molar refractivity (Wildman–Crippen MR) is 93.6 cm³/mol. The van der Waals surface area contributed by atoms with Gasteiger partial charge in [0, 0.05) is 17.8 Å². The van der Waals surface area contributed by atoms with Crippen molar-refractivity contribution in [3.63, 3.8) is 0 Å². The number of amides is 1. The van der Waals surface area contributed by atoms with Gasteiger partial charge in [-0.15, -0.1) is 0 Å². The summed E-state index contributed by atoms with van der Waals surface area (Å²) in [5, 5.41) is 15.4. The molecule has 0 aliphatic heterocycles. The predicted octanol–water partition coefficient (Wildman–Crippen LogP) is 3.48. The number of nitrogens with one attached hydrogen (secondary N) is 2. The first-order valence-electron chi connectivity index (χ1n) is 7.16. The van der Waals surface area contributed by atoms with E-state index < -0.39 is 5.91 Å². The molecular formula is C18H16ClN3O2. The molecule has 2 N–H and O–H groups in total. The van der Waals surface area contributed by atoms with Gasteiger partial charge in [-0.2, -0.15) is 5.26 Å². The van der Waals surface area contributed by atoms with Crippen molar-refractivity contribution < 1.29 is 9.53 Å². The molecule has 0 unspecified atom stereocenters. The van der Waals surface area contributed by atoms with E-state index in [9.17, 15) is 10.1 Å². The van der Waals surface area contributed by atoms with Crippen LogP contribution in [0.3, 0.4) is 0 Å². The van der Waals surface area contributed by atoms with Crippen LogP contribution >= 0.6 is 11.6 Å². The zero-order valence-corrected chi connectivity index (χ0v) is 13.8. The number of benzene rings is 2. The Morgan fingerprint density at radius 2 is 2.08 bits per heavy atom. The van der Waals surface area contributed by atoms with Gasteiger partial charge in [-0.05, 0) is 29.8 Å². The Balaban J connectivity index is 2.02. The van der Waals surface area contributed by atoms with E-state index in [4.69, 9.17) is 16.3 Å². The number of hydrogen-bond acceptors (Lipinski definition) is 4. The second kappa shape index (κ2) is 8.61. The topological polar surface area (TPSA) is 74.1 Å². The Hall–Kier alpha value is -2.97. The lowest BCUT2D eigenvalue weighted by atomic mass is 10.2. The molecule has 0 fully saturated rings. The van der Waals surface area contributed by atoms with Crippen LogP contribution in [0.4, 0.5) is 5.69 Å². The zero-order chi connectivity index (χ0) is 17.4. The molecule has 1 amide bonds. The van der Waals surface area contributed by atoms with Gasteiger partial charge >= 0.3 is 0 Å². The summed E-state index contributed by atoms with van der Waals surface area (Å²) in [4.78, 5) is 12.2. The molecule has 0 radical (unpaired) electrons. The number of carbonyl (C=O) groups is 1. The summed E-state index contributed by atoms with van der Waals surface area (Å²) in [5.41, 5.74) is 1.41. The van der Waals surface area contributed by atoms with Crippen LogP contribution in [0.5, 0.6) is 5.75 Å². The molecule has 0 aliphatic rings. The summed E-state index contributed by atoms with van der Waals surface area (Å²) in [7, 11) is 1.51. The molecule has 0 saturated carbocycles. The molecule has 0 heterocycles. The van der Waals surface area contributed by atoms with Crippen LogP contribution in [0.2, 0.25) is 5.02 Å². The molecule has 0 spiro atoms.